The molecule has 2 atom stereocenters. The van der Waals surface area contributed by atoms with Gasteiger partial charge in [0.25, 0.3) is 0 Å². The van der Waals surface area contributed by atoms with Crippen molar-refractivity contribution in [2.75, 3.05) is 51.8 Å². The summed E-state index contributed by atoms with van der Waals surface area (Å²) in [6.45, 7) is 4.17. The van der Waals surface area contributed by atoms with Crippen molar-refractivity contribution >= 4 is 17.7 Å². The zero-order chi connectivity index (χ0) is 12.3. The number of carbonyl (C=O) groups excluding carboxylic acids is 1. The fraction of sp³-hybridized carbons (Fsp3) is 0.917. The lowest BCUT2D eigenvalue weighted by atomic mass is 10.1. The first-order valence-corrected chi connectivity index (χ1v) is 7.57. The van der Waals surface area contributed by atoms with Gasteiger partial charge in [0.1, 0.15) is 0 Å². The van der Waals surface area contributed by atoms with E-state index in [1.807, 2.05) is 23.7 Å². The number of carbonyl (C=O) groups is 1. The van der Waals surface area contributed by atoms with Gasteiger partial charge in [-0.1, -0.05) is 0 Å². The SMILES string of the molecule is CN1CCC(CN(C)C(=O)C2CSCCN2)C1. The van der Waals surface area contributed by atoms with E-state index in [9.17, 15) is 4.79 Å². The molecule has 1 N–H and O–H groups in total. The fourth-order valence-corrected chi connectivity index (χ4v) is 3.57. The van der Waals surface area contributed by atoms with Crippen molar-refractivity contribution < 1.29 is 4.79 Å². The van der Waals surface area contributed by atoms with Gasteiger partial charge in [0.15, 0.2) is 0 Å². The summed E-state index contributed by atoms with van der Waals surface area (Å²) in [4.78, 5) is 16.5. The monoisotopic (exact) mass is 257 g/mol. The minimum atomic E-state index is 0.0397. The molecule has 0 bridgehead atoms. The Morgan fingerprint density at radius 3 is 3.00 bits per heavy atom. The number of nitrogens with zero attached hydrogens (tertiary/aromatic N) is 2. The average molecular weight is 257 g/mol. The topological polar surface area (TPSA) is 35.6 Å². The minimum absolute atomic E-state index is 0.0397. The highest BCUT2D eigenvalue weighted by Crippen LogP contribution is 2.16. The molecule has 0 aromatic carbocycles. The Balaban J connectivity index is 1.78. The predicted molar refractivity (Wildman–Crippen MR) is 72.4 cm³/mol. The summed E-state index contributed by atoms with van der Waals surface area (Å²) in [6.07, 6.45) is 1.22. The number of hydrogen-bond acceptors (Lipinski definition) is 4. The zero-order valence-corrected chi connectivity index (χ0v) is 11.6. The molecule has 0 aromatic rings. The molecule has 17 heavy (non-hydrogen) atoms. The molecule has 2 fully saturated rings. The van der Waals surface area contributed by atoms with E-state index in [1.54, 1.807) is 0 Å². The molecule has 2 rings (SSSR count). The fourth-order valence-electron chi connectivity index (χ4n) is 2.64. The molecule has 0 aliphatic carbocycles. The molecule has 2 saturated heterocycles. The molecule has 0 aromatic heterocycles. The van der Waals surface area contributed by atoms with E-state index >= 15 is 0 Å². The maximum Gasteiger partial charge on any atom is 0.240 e. The van der Waals surface area contributed by atoms with Gasteiger partial charge in [-0.25, -0.2) is 0 Å². The molecule has 4 nitrogen and oxygen atoms in total. The summed E-state index contributed by atoms with van der Waals surface area (Å²) in [7, 11) is 4.10. The highest BCUT2D eigenvalue weighted by atomic mass is 32.2. The standard InChI is InChI=1S/C12H23N3OS/c1-14-5-3-10(7-14)8-15(2)12(16)11-9-17-6-4-13-11/h10-11,13H,3-9H2,1-2H3. The van der Waals surface area contributed by atoms with Crippen LogP contribution in [0.3, 0.4) is 0 Å². The van der Waals surface area contributed by atoms with Crippen molar-refractivity contribution in [2.24, 2.45) is 5.92 Å². The Kier molecular flexibility index (Phi) is 4.70. The zero-order valence-electron chi connectivity index (χ0n) is 10.8. The van der Waals surface area contributed by atoms with E-state index in [4.69, 9.17) is 0 Å². The Hall–Kier alpha value is -0.260. The summed E-state index contributed by atoms with van der Waals surface area (Å²) in [5.41, 5.74) is 0. The van der Waals surface area contributed by atoms with Crippen LogP contribution in [0.5, 0.6) is 0 Å². The third kappa shape index (κ3) is 3.60. The molecule has 0 spiro atoms. The molecule has 2 aliphatic heterocycles. The van der Waals surface area contributed by atoms with E-state index in [0.29, 0.717) is 5.92 Å². The van der Waals surface area contributed by atoms with Gasteiger partial charge in [-0.15, -0.1) is 0 Å². The first-order valence-electron chi connectivity index (χ1n) is 6.41. The van der Waals surface area contributed by atoms with Crippen LogP contribution < -0.4 is 5.32 Å². The lowest BCUT2D eigenvalue weighted by Crippen LogP contribution is -2.50. The van der Waals surface area contributed by atoms with Crippen LogP contribution in [0.15, 0.2) is 0 Å². The van der Waals surface area contributed by atoms with E-state index < -0.39 is 0 Å². The number of likely N-dealkylation sites (tertiary alicyclic amines) is 1. The summed E-state index contributed by atoms with van der Waals surface area (Å²) in [5, 5.41) is 3.31. The average Bonchev–Trinajstić information content (AvgIpc) is 2.75. The van der Waals surface area contributed by atoms with E-state index in [1.165, 1.54) is 13.0 Å². The maximum atomic E-state index is 12.2. The molecule has 0 radical (unpaired) electrons. The van der Waals surface area contributed by atoms with Crippen molar-refractivity contribution in [2.45, 2.75) is 12.5 Å². The Bertz CT molecular complexity index is 268. The molecule has 1 amide bonds. The molecule has 2 unspecified atom stereocenters. The second-order valence-corrected chi connectivity index (χ2v) is 6.37. The Labute approximate surface area is 108 Å². The van der Waals surface area contributed by atoms with Gasteiger partial charge < -0.3 is 15.1 Å². The third-order valence-electron chi connectivity index (χ3n) is 3.62. The van der Waals surface area contributed by atoms with Crippen molar-refractivity contribution in [1.29, 1.82) is 0 Å². The molecule has 2 aliphatic rings. The van der Waals surface area contributed by atoms with Gasteiger partial charge in [0.05, 0.1) is 6.04 Å². The lowest BCUT2D eigenvalue weighted by Gasteiger charge is -2.28. The van der Waals surface area contributed by atoms with Gasteiger partial charge >= 0.3 is 0 Å². The Morgan fingerprint density at radius 2 is 2.41 bits per heavy atom. The van der Waals surface area contributed by atoms with Crippen molar-refractivity contribution in [3.63, 3.8) is 0 Å². The van der Waals surface area contributed by atoms with Gasteiger partial charge in [0.2, 0.25) is 5.91 Å². The Morgan fingerprint density at radius 1 is 1.59 bits per heavy atom. The highest BCUT2D eigenvalue weighted by molar-refractivity contribution is 7.99. The third-order valence-corrected chi connectivity index (χ3v) is 4.68. The predicted octanol–water partition coefficient (Wildman–Crippen LogP) is 0.102. The number of nitrogens with one attached hydrogen (secondary N) is 1. The molecule has 98 valence electrons. The van der Waals surface area contributed by atoms with Gasteiger partial charge in [-0.05, 0) is 25.9 Å². The normalized spacial score (nSPS) is 30.5. The summed E-state index contributed by atoms with van der Waals surface area (Å²) < 4.78 is 0. The maximum absolute atomic E-state index is 12.2. The molecule has 5 heteroatoms. The summed E-state index contributed by atoms with van der Waals surface area (Å²) in [5.74, 6) is 2.98. The van der Waals surface area contributed by atoms with Crippen molar-refractivity contribution in [1.82, 2.24) is 15.1 Å². The van der Waals surface area contributed by atoms with Crippen LogP contribution in [0.1, 0.15) is 6.42 Å². The van der Waals surface area contributed by atoms with Crippen LogP contribution in [-0.2, 0) is 4.79 Å². The van der Waals surface area contributed by atoms with E-state index in [-0.39, 0.29) is 11.9 Å². The van der Waals surface area contributed by atoms with Gasteiger partial charge in [-0.3, -0.25) is 4.79 Å². The van der Waals surface area contributed by atoms with Crippen LogP contribution in [0, 0.1) is 5.92 Å². The first kappa shape index (κ1) is 13.2. The minimum Gasteiger partial charge on any atom is -0.344 e. The first-order chi connectivity index (χ1) is 8.16. The van der Waals surface area contributed by atoms with Gasteiger partial charge in [-0.2, -0.15) is 11.8 Å². The van der Waals surface area contributed by atoms with Crippen LogP contribution >= 0.6 is 11.8 Å². The van der Waals surface area contributed by atoms with Crippen LogP contribution in [0.4, 0.5) is 0 Å². The number of rotatable bonds is 3. The smallest absolute Gasteiger partial charge is 0.240 e. The molecular formula is C12H23N3OS. The number of thioether (sulfide) groups is 1. The molecular weight excluding hydrogens is 234 g/mol. The summed E-state index contributed by atoms with van der Waals surface area (Å²) >= 11 is 1.87. The van der Waals surface area contributed by atoms with E-state index in [0.717, 1.165) is 31.1 Å². The van der Waals surface area contributed by atoms with Gasteiger partial charge in [0, 0.05) is 38.2 Å². The summed E-state index contributed by atoms with van der Waals surface area (Å²) in [6, 6.07) is 0.0397. The van der Waals surface area contributed by atoms with Crippen molar-refractivity contribution in [3.05, 3.63) is 0 Å². The lowest BCUT2D eigenvalue weighted by molar-refractivity contribution is -0.132. The van der Waals surface area contributed by atoms with Crippen molar-refractivity contribution in [3.8, 4) is 0 Å². The van der Waals surface area contributed by atoms with E-state index in [2.05, 4.69) is 17.3 Å². The van der Waals surface area contributed by atoms with Crippen LogP contribution in [0.2, 0.25) is 0 Å². The molecule has 0 saturated carbocycles. The second-order valence-electron chi connectivity index (χ2n) is 5.22. The number of amides is 1. The second kappa shape index (κ2) is 6.07. The highest BCUT2D eigenvalue weighted by Gasteiger charge is 2.27. The van der Waals surface area contributed by atoms with Crippen LogP contribution in [-0.4, -0.2) is 73.5 Å². The number of likely N-dealkylation sites (N-methyl/N-ethyl adjacent to an activating group) is 1. The molecule has 2 heterocycles. The largest absolute Gasteiger partial charge is 0.344 e. The quantitative estimate of drug-likeness (QED) is 0.778. The van der Waals surface area contributed by atoms with Crippen LogP contribution in [0.25, 0.3) is 0 Å². The number of hydrogen-bond donors (Lipinski definition) is 1.